The molecule has 0 spiro atoms. The summed E-state index contributed by atoms with van der Waals surface area (Å²) in [7, 11) is -2.13. The van der Waals surface area contributed by atoms with E-state index in [4.69, 9.17) is 5.26 Å². The summed E-state index contributed by atoms with van der Waals surface area (Å²) in [5.74, 6) is 0. The molecule has 0 aliphatic carbocycles. The van der Waals surface area contributed by atoms with Crippen molar-refractivity contribution in [2.45, 2.75) is 11.4 Å². The summed E-state index contributed by atoms with van der Waals surface area (Å²) < 4.78 is 27.0. The van der Waals surface area contributed by atoms with Crippen LogP contribution in [0.2, 0.25) is 0 Å². The van der Waals surface area contributed by atoms with Gasteiger partial charge in [-0.25, -0.2) is 13.4 Å². The molecule has 0 atom stereocenters. The topological polar surface area (TPSA) is 74.1 Å². The van der Waals surface area contributed by atoms with Gasteiger partial charge in [-0.3, -0.25) is 0 Å². The van der Waals surface area contributed by atoms with Crippen molar-refractivity contribution in [3.05, 3.63) is 58.3 Å². The van der Waals surface area contributed by atoms with Crippen LogP contribution in [0.3, 0.4) is 0 Å². The van der Waals surface area contributed by atoms with Gasteiger partial charge in [0.1, 0.15) is 16.7 Å². The lowest BCUT2D eigenvalue weighted by atomic mass is 10.2. The van der Waals surface area contributed by atoms with Crippen LogP contribution in [0.1, 0.15) is 11.3 Å². The number of hydrogen-bond acceptors (Lipinski definition) is 4. The van der Waals surface area contributed by atoms with Crippen LogP contribution in [0.4, 0.5) is 0 Å². The lowest BCUT2D eigenvalue weighted by Crippen LogP contribution is -2.26. The molecule has 108 valence electrons. The van der Waals surface area contributed by atoms with Gasteiger partial charge >= 0.3 is 0 Å². The predicted molar refractivity (Wildman–Crippen MR) is 81.7 cm³/mol. The quantitative estimate of drug-likeness (QED) is 0.834. The fourth-order valence-electron chi connectivity index (χ4n) is 1.73. The number of halogens is 1. The molecule has 0 aliphatic heterocycles. The van der Waals surface area contributed by atoms with Crippen molar-refractivity contribution < 1.29 is 8.42 Å². The van der Waals surface area contributed by atoms with Crippen molar-refractivity contribution in [1.29, 1.82) is 5.26 Å². The van der Waals surface area contributed by atoms with Crippen LogP contribution in [-0.4, -0.2) is 24.8 Å². The molecular formula is C14H12BrN3O2S. The molecule has 0 aliphatic rings. The zero-order valence-corrected chi connectivity index (χ0v) is 13.6. The molecule has 7 heteroatoms. The average molecular weight is 366 g/mol. The van der Waals surface area contributed by atoms with Gasteiger partial charge in [-0.1, -0.05) is 34.1 Å². The molecule has 0 saturated carbocycles. The van der Waals surface area contributed by atoms with E-state index in [2.05, 4.69) is 20.9 Å². The lowest BCUT2D eigenvalue weighted by molar-refractivity contribution is 0.466. The van der Waals surface area contributed by atoms with Crippen LogP contribution >= 0.6 is 15.9 Å². The Morgan fingerprint density at radius 2 is 2.00 bits per heavy atom. The molecule has 1 aromatic heterocycles. The molecule has 0 amide bonds. The fourth-order valence-corrected chi connectivity index (χ4v) is 3.24. The van der Waals surface area contributed by atoms with Crippen molar-refractivity contribution in [2.75, 3.05) is 7.05 Å². The van der Waals surface area contributed by atoms with Gasteiger partial charge < -0.3 is 0 Å². The normalized spacial score (nSPS) is 11.3. The van der Waals surface area contributed by atoms with Crippen LogP contribution in [0.25, 0.3) is 0 Å². The Bertz CT molecular complexity index is 783. The van der Waals surface area contributed by atoms with Gasteiger partial charge in [0.15, 0.2) is 0 Å². The molecule has 0 N–H and O–H groups in total. The van der Waals surface area contributed by atoms with Crippen molar-refractivity contribution >= 4 is 26.0 Å². The van der Waals surface area contributed by atoms with E-state index < -0.39 is 10.0 Å². The summed E-state index contributed by atoms with van der Waals surface area (Å²) >= 11 is 3.40. The highest BCUT2D eigenvalue weighted by Crippen LogP contribution is 2.21. The van der Waals surface area contributed by atoms with Gasteiger partial charge in [0.05, 0.1) is 0 Å². The number of nitrogens with zero attached hydrogens (tertiary/aromatic N) is 3. The molecule has 5 nitrogen and oxygen atoms in total. The van der Waals surface area contributed by atoms with E-state index in [-0.39, 0.29) is 17.1 Å². The number of pyridine rings is 1. The summed E-state index contributed by atoms with van der Waals surface area (Å²) in [6.07, 6.45) is 1.20. The smallest absolute Gasteiger partial charge is 0.244 e. The Kier molecular flexibility index (Phi) is 4.73. The summed E-state index contributed by atoms with van der Waals surface area (Å²) in [6, 6.07) is 12.1. The highest BCUT2D eigenvalue weighted by molar-refractivity contribution is 9.10. The second-order valence-corrected chi connectivity index (χ2v) is 7.24. The molecule has 0 fully saturated rings. The Morgan fingerprint density at radius 3 is 2.57 bits per heavy atom. The van der Waals surface area contributed by atoms with Crippen molar-refractivity contribution in [3.8, 4) is 6.07 Å². The summed E-state index contributed by atoms with van der Waals surface area (Å²) in [5, 5.41) is 8.69. The van der Waals surface area contributed by atoms with Gasteiger partial charge in [-0.15, -0.1) is 0 Å². The minimum Gasteiger partial charge on any atom is -0.244 e. The summed E-state index contributed by atoms with van der Waals surface area (Å²) in [4.78, 5) is 3.86. The van der Waals surface area contributed by atoms with E-state index in [1.165, 1.54) is 29.7 Å². The summed E-state index contributed by atoms with van der Waals surface area (Å²) in [5.41, 5.74) is 1.05. The number of nitriles is 1. The molecule has 2 rings (SSSR count). The van der Waals surface area contributed by atoms with Crippen molar-refractivity contribution in [3.63, 3.8) is 0 Å². The van der Waals surface area contributed by atoms with E-state index in [1.54, 1.807) is 0 Å². The van der Waals surface area contributed by atoms with E-state index in [0.717, 1.165) is 10.0 Å². The minimum atomic E-state index is -3.64. The van der Waals surface area contributed by atoms with Gasteiger partial charge in [-0.05, 0) is 23.8 Å². The molecule has 0 saturated heterocycles. The standard InChI is InChI=1S/C14H12BrN3O2S/c1-18(10-11-4-2-3-5-14(11)15)21(19,20)13-7-6-12(8-16)17-9-13/h2-7,9H,10H2,1H3. The number of sulfonamides is 1. The van der Waals surface area contributed by atoms with E-state index >= 15 is 0 Å². The van der Waals surface area contributed by atoms with Crippen LogP contribution in [0.15, 0.2) is 52.0 Å². The maximum atomic E-state index is 12.4. The van der Waals surface area contributed by atoms with Crippen LogP contribution in [0.5, 0.6) is 0 Å². The number of hydrogen-bond donors (Lipinski definition) is 0. The first-order chi connectivity index (χ1) is 9.95. The zero-order chi connectivity index (χ0) is 15.5. The first-order valence-electron chi connectivity index (χ1n) is 6.01. The van der Waals surface area contributed by atoms with Gasteiger partial charge in [0, 0.05) is 24.3 Å². The number of rotatable bonds is 4. The third kappa shape index (κ3) is 3.47. The molecule has 1 aromatic carbocycles. The largest absolute Gasteiger partial charge is 0.244 e. The minimum absolute atomic E-state index is 0.0658. The van der Waals surface area contributed by atoms with Gasteiger partial charge in [0.2, 0.25) is 10.0 Å². The summed E-state index contributed by atoms with van der Waals surface area (Å²) in [6.45, 7) is 0.240. The Hall–Kier alpha value is -1.75. The van der Waals surface area contributed by atoms with E-state index in [0.29, 0.717) is 0 Å². The maximum absolute atomic E-state index is 12.4. The molecule has 0 bridgehead atoms. The second kappa shape index (κ2) is 6.35. The molecule has 0 radical (unpaired) electrons. The third-order valence-corrected chi connectivity index (χ3v) is 5.47. The molecule has 1 heterocycles. The van der Waals surface area contributed by atoms with Gasteiger partial charge in [0.25, 0.3) is 0 Å². The van der Waals surface area contributed by atoms with Crippen LogP contribution in [-0.2, 0) is 16.6 Å². The predicted octanol–water partition coefficient (Wildman–Crippen LogP) is 2.54. The highest BCUT2D eigenvalue weighted by atomic mass is 79.9. The SMILES string of the molecule is CN(Cc1ccccc1Br)S(=O)(=O)c1ccc(C#N)nc1. The molecule has 21 heavy (non-hydrogen) atoms. The van der Waals surface area contributed by atoms with Crippen molar-refractivity contribution in [2.24, 2.45) is 0 Å². The number of benzene rings is 1. The maximum Gasteiger partial charge on any atom is 0.244 e. The zero-order valence-electron chi connectivity index (χ0n) is 11.2. The number of aromatic nitrogens is 1. The van der Waals surface area contributed by atoms with Crippen LogP contribution in [0, 0.1) is 11.3 Å². The lowest BCUT2D eigenvalue weighted by Gasteiger charge is -2.17. The average Bonchev–Trinajstić information content (AvgIpc) is 2.49. The molecule has 2 aromatic rings. The monoisotopic (exact) mass is 365 g/mol. The first kappa shape index (κ1) is 15.6. The molecular weight excluding hydrogens is 354 g/mol. The Labute approximate surface area is 132 Å². The Morgan fingerprint density at radius 1 is 1.29 bits per heavy atom. The van der Waals surface area contributed by atoms with Gasteiger partial charge in [-0.2, -0.15) is 9.57 Å². The van der Waals surface area contributed by atoms with Crippen molar-refractivity contribution in [1.82, 2.24) is 9.29 Å². The second-order valence-electron chi connectivity index (χ2n) is 4.34. The van der Waals surface area contributed by atoms with Crippen LogP contribution < -0.4 is 0 Å². The fraction of sp³-hybridized carbons (Fsp3) is 0.143. The highest BCUT2D eigenvalue weighted by Gasteiger charge is 2.21. The first-order valence-corrected chi connectivity index (χ1v) is 8.24. The molecule has 0 unspecified atom stereocenters. The Balaban J connectivity index is 2.26. The third-order valence-electron chi connectivity index (χ3n) is 2.91. The van der Waals surface area contributed by atoms with E-state index in [9.17, 15) is 8.42 Å². The van der Waals surface area contributed by atoms with E-state index in [1.807, 2.05) is 30.3 Å².